The fourth-order valence-electron chi connectivity index (χ4n) is 5.44. The second kappa shape index (κ2) is 8.14. The van der Waals surface area contributed by atoms with Crippen molar-refractivity contribution in [2.75, 3.05) is 0 Å². The van der Waals surface area contributed by atoms with Crippen LogP contribution in [0.2, 0.25) is 0 Å². The topological polar surface area (TPSA) is 22.2 Å². The van der Waals surface area contributed by atoms with Crippen LogP contribution in [0, 0.1) is 6.07 Å². The van der Waals surface area contributed by atoms with Gasteiger partial charge in [0.2, 0.25) is 0 Å². The van der Waals surface area contributed by atoms with Gasteiger partial charge in [0.25, 0.3) is 0 Å². The van der Waals surface area contributed by atoms with Crippen LogP contribution in [-0.2, 0) is 20.1 Å². The van der Waals surface area contributed by atoms with E-state index in [1.165, 1.54) is 42.8 Å². The first-order valence-corrected chi connectivity index (χ1v) is 12.5. The largest absolute Gasteiger partial charge is 0.309 e. The minimum atomic E-state index is 0. The molecule has 0 amide bonds. The van der Waals surface area contributed by atoms with Crippen LogP contribution in [0.5, 0.6) is 0 Å². The second-order valence-corrected chi connectivity index (χ2v) is 9.78. The van der Waals surface area contributed by atoms with Crippen molar-refractivity contribution in [1.82, 2.24) is 14.2 Å². The van der Waals surface area contributed by atoms with E-state index in [4.69, 9.17) is 0 Å². The van der Waals surface area contributed by atoms with Crippen LogP contribution < -0.4 is 0 Å². The summed E-state index contributed by atoms with van der Waals surface area (Å²) in [5, 5.41) is 11.7. The van der Waals surface area contributed by atoms with Crippen molar-refractivity contribution in [3.8, 4) is 16.8 Å². The molecule has 0 saturated heterocycles. The molecule has 4 heterocycles. The molecule has 0 aliphatic heterocycles. The van der Waals surface area contributed by atoms with E-state index in [1.54, 1.807) is 11.3 Å². The number of thiophene rings is 1. The Labute approximate surface area is 224 Å². The summed E-state index contributed by atoms with van der Waals surface area (Å²) < 4.78 is 5.63. The Bertz CT molecular complexity index is 2030. The molecular formula is C31H18IrN3S-. The smallest absolute Gasteiger partial charge is 0.0811 e. The zero-order valence-corrected chi connectivity index (χ0v) is 22.2. The number of benzene rings is 4. The molecule has 1 radical (unpaired) electrons. The summed E-state index contributed by atoms with van der Waals surface area (Å²) in [4.78, 5) is 0. The Hall–Kier alpha value is -3.76. The Balaban J connectivity index is 0.00000220. The van der Waals surface area contributed by atoms with Crippen molar-refractivity contribution in [1.29, 1.82) is 0 Å². The summed E-state index contributed by atoms with van der Waals surface area (Å²) in [5.74, 6) is 0. The summed E-state index contributed by atoms with van der Waals surface area (Å²) in [6.07, 6.45) is 1.87. The minimum absolute atomic E-state index is 0. The molecule has 0 saturated carbocycles. The quantitative estimate of drug-likeness (QED) is 0.172. The maximum Gasteiger partial charge on any atom is 0.0811 e. The number of aromatic nitrogens is 3. The van der Waals surface area contributed by atoms with Crippen LogP contribution >= 0.6 is 11.3 Å². The van der Waals surface area contributed by atoms with E-state index in [0.717, 1.165) is 22.3 Å². The molecule has 4 aromatic heterocycles. The average Bonchev–Trinajstić information content (AvgIpc) is 3.66. The summed E-state index contributed by atoms with van der Waals surface area (Å²) in [5.41, 5.74) is 8.07. The number of hydrogen-bond donors (Lipinski definition) is 0. The third kappa shape index (κ3) is 2.97. The minimum Gasteiger partial charge on any atom is -0.309 e. The molecule has 0 spiro atoms. The molecular weight excluding hydrogens is 639 g/mol. The summed E-state index contributed by atoms with van der Waals surface area (Å²) in [6, 6.07) is 38.3. The van der Waals surface area contributed by atoms with Crippen molar-refractivity contribution in [3.63, 3.8) is 0 Å². The molecule has 0 fully saturated rings. The molecule has 0 aliphatic rings. The molecule has 4 aromatic carbocycles. The van der Waals surface area contributed by atoms with Gasteiger partial charge in [-0.3, -0.25) is 4.52 Å². The first-order valence-electron chi connectivity index (χ1n) is 11.6. The molecule has 173 valence electrons. The van der Waals surface area contributed by atoms with Gasteiger partial charge in [-0.05, 0) is 41.2 Å². The van der Waals surface area contributed by atoms with E-state index in [1.807, 2.05) is 10.7 Å². The monoisotopic (exact) mass is 657 g/mol. The molecule has 8 aromatic rings. The molecule has 5 heteroatoms. The van der Waals surface area contributed by atoms with Gasteiger partial charge in [-0.2, -0.15) is 23.3 Å². The third-order valence-corrected chi connectivity index (χ3v) is 7.92. The number of nitrogens with zero attached hydrogens (tertiary/aromatic N) is 3. The molecule has 0 N–H and O–H groups in total. The Morgan fingerprint density at radius 2 is 1.44 bits per heavy atom. The summed E-state index contributed by atoms with van der Waals surface area (Å²) >= 11 is 1.76. The average molecular weight is 657 g/mol. The van der Waals surface area contributed by atoms with Crippen LogP contribution in [0.25, 0.3) is 65.1 Å². The zero-order valence-electron chi connectivity index (χ0n) is 19.0. The number of pyridine rings is 1. The van der Waals surface area contributed by atoms with Crippen LogP contribution in [0.4, 0.5) is 0 Å². The van der Waals surface area contributed by atoms with Crippen molar-refractivity contribution in [2.45, 2.75) is 0 Å². The predicted octanol–water partition coefficient (Wildman–Crippen LogP) is 8.26. The summed E-state index contributed by atoms with van der Waals surface area (Å²) in [7, 11) is 0. The molecule has 36 heavy (non-hydrogen) atoms. The Morgan fingerprint density at radius 3 is 2.25 bits per heavy atom. The van der Waals surface area contributed by atoms with Crippen LogP contribution in [0.3, 0.4) is 0 Å². The molecule has 0 aliphatic carbocycles. The first-order chi connectivity index (χ1) is 17.4. The van der Waals surface area contributed by atoms with Gasteiger partial charge in [-0.25, -0.2) is 0 Å². The fraction of sp³-hybridized carbons (Fsp3) is 0. The van der Waals surface area contributed by atoms with Crippen LogP contribution in [0.15, 0.2) is 109 Å². The SMILES string of the molecule is [Ir].[c-]1cc(-c2cccc(-n3c4ccccc4c4ccccc43)c2)cc2c3ccsc3c3ccnn3c12. The van der Waals surface area contributed by atoms with E-state index in [2.05, 4.69) is 118 Å². The number of para-hydroxylation sites is 2. The van der Waals surface area contributed by atoms with E-state index < -0.39 is 0 Å². The van der Waals surface area contributed by atoms with Gasteiger partial charge in [0.05, 0.1) is 16.6 Å². The Kier molecular flexibility index (Phi) is 4.87. The first kappa shape index (κ1) is 21.5. The maximum atomic E-state index is 4.57. The summed E-state index contributed by atoms with van der Waals surface area (Å²) in [6.45, 7) is 0. The van der Waals surface area contributed by atoms with Crippen molar-refractivity contribution in [3.05, 3.63) is 115 Å². The van der Waals surface area contributed by atoms with Crippen molar-refractivity contribution >= 4 is 59.6 Å². The van der Waals surface area contributed by atoms with Gasteiger partial charge in [0.1, 0.15) is 0 Å². The van der Waals surface area contributed by atoms with Gasteiger partial charge in [0, 0.05) is 47.5 Å². The number of hydrogen-bond acceptors (Lipinski definition) is 2. The van der Waals surface area contributed by atoms with Crippen LogP contribution in [0.1, 0.15) is 0 Å². The van der Waals surface area contributed by atoms with E-state index in [-0.39, 0.29) is 20.1 Å². The van der Waals surface area contributed by atoms with Gasteiger partial charge >= 0.3 is 0 Å². The fourth-order valence-corrected chi connectivity index (χ4v) is 6.36. The normalized spacial score (nSPS) is 11.7. The van der Waals surface area contributed by atoms with Gasteiger partial charge < -0.3 is 4.57 Å². The number of fused-ring (bicyclic) bond motifs is 9. The Morgan fingerprint density at radius 1 is 0.667 bits per heavy atom. The van der Waals surface area contributed by atoms with Gasteiger partial charge in [-0.15, -0.1) is 22.3 Å². The van der Waals surface area contributed by atoms with Crippen molar-refractivity contribution < 1.29 is 20.1 Å². The van der Waals surface area contributed by atoms with E-state index >= 15 is 0 Å². The molecule has 8 rings (SSSR count). The molecule has 0 atom stereocenters. The predicted molar refractivity (Wildman–Crippen MR) is 147 cm³/mol. The van der Waals surface area contributed by atoms with E-state index in [9.17, 15) is 0 Å². The zero-order chi connectivity index (χ0) is 22.9. The molecule has 0 unspecified atom stereocenters. The number of rotatable bonds is 2. The standard InChI is InChI=1S/C31H18N3S.Ir/c1-3-10-27-23(8-1)24-9-2-4-11-28(24)33(27)22-7-5-6-20(18-22)21-12-13-29-26(19-21)25-15-17-35-31(25)30-14-16-32-34(29)30;/h1-12,14-19H;/q-1;. The van der Waals surface area contributed by atoms with E-state index in [0.29, 0.717) is 0 Å². The van der Waals surface area contributed by atoms with Crippen molar-refractivity contribution in [2.24, 2.45) is 0 Å². The second-order valence-electron chi connectivity index (χ2n) is 8.86. The maximum absolute atomic E-state index is 4.57. The third-order valence-electron chi connectivity index (χ3n) is 6.98. The van der Waals surface area contributed by atoms with Crippen LogP contribution in [-0.4, -0.2) is 14.2 Å². The molecule has 0 bridgehead atoms. The van der Waals surface area contributed by atoms with Gasteiger partial charge in [-0.1, -0.05) is 65.5 Å². The van der Waals surface area contributed by atoms with Gasteiger partial charge in [0.15, 0.2) is 0 Å². The molecule has 3 nitrogen and oxygen atoms in total.